The Kier molecular flexibility index (Phi) is 7.69. The highest BCUT2D eigenvalue weighted by molar-refractivity contribution is 5.80. The molecule has 0 amide bonds. The molecule has 0 bridgehead atoms. The van der Waals surface area contributed by atoms with Gasteiger partial charge in [-0.15, -0.1) is 0 Å². The molecule has 2 aromatic carbocycles. The van der Waals surface area contributed by atoms with Gasteiger partial charge in [0.1, 0.15) is 11.6 Å². The van der Waals surface area contributed by atoms with E-state index in [0.29, 0.717) is 31.3 Å². The van der Waals surface area contributed by atoms with Crippen molar-refractivity contribution in [2.45, 2.75) is 38.6 Å². The second-order valence-electron chi connectivity index (χ2n) is 7.74. The number of rotatable bonds is 7. The molecule has 0 saturated carbocycles. The summed E-state index contributed by atoms with van der Waals surface area (Å²) in [6, 6.07) is 13.1. The first-order valence-corrected chi connectivity index (χ1v) is 10.6. The molecule has 1 aliphatic rings. The summed E-state index contributed by atoms with van der Waals surface area (Å²) in [6.07, 6.45) is 1.79. The number of benzene rings is 2. The fourth-order valence-corrected chi connectivity index (χ4v) is 3.93. The normalized spacial score (nSPS) is 16.2. The smallest absolute Gasteiger partial charge is 0.191 e. The fourth-order valence-electron chi connectivity index (χ4n) is 3.93. The number of guanidine groups is 1. The molecule has 1 aliphatic heterocycles. The molecule has 3 rings (SSSR count). The van der Waals surface area contributed by atoms with Gasteiger partial charge in [-0.3, -0.25) is 0 Å². The Bertz CT molecular complexity index is 863. The molecule has 2 N–H and O–H groups in total. The van der Waals surface area contributed by atoms with Crippen molar-refractivity contribution < 1.29 is 13.9 Å². The molecular weight excluding hydrogens is 381 g/mol. The summed E-state index contributed by atoms with van der Waals surface area (Å²) in [7, 11) is 1.72. The van der Waals surface area contributed by atoms with Crippen LogP contribution in [0.1, 0.15) is 36.5 Å². The van der Waals surface area contributed by atoms with E-state index in [4.69, 9.17) is 9.47 Å². The van der Waals surface area contributed by atoms with Crippen molar-refractivity contribution in [3.05, 3.63) is 65.0 Å². The maximum absolute atomic E-state index is 14.0. The molecule has 0 spiro atoms. The Morgan fingerprint density at radius 1 is 1.17 bits per heavy atom. The summed E-state index contributed by atoms with van der Waals surface area (Å²) >= 11 is 0. The highest BCUT2D eigenvalue weighted by atomic mass is 19.1. The SMILES string of the molecule is CCNC(=NCc1ccccc1F)NCC1(c2cc(C)ccc2OC)CCOCC1. The highest BCUT2D eigenvalue weighted by Crippen LogP contribution is 2.40. The van der Waals surface area contributed by atoms with Gasteiger partial charge in [0, 0.05) is 42.8 Å². The Balaban J connectivity index is 1.83. The predicted octanol–water partition coefficient (Wildman–Crippen LogP) is 3.95. The zero-order valence-electron chi connectivity index (χ0n) is 18.1. The van der Waals surface area contributed by atoms with Crippen molar-refractivity contribution in [1.29, 1.82) is 0 Å². The highest BCUT2D eigenvalue weighted by Gasteiger charge is 2.37. The second-order valence-corrected chi connectivity index (χ2v) is 7.74. The first-order valence-electron chi connectivity index (χ1n) is 10.6. The Hall–Kier alpha value is -2.60. The van der Waals surface area contributed by atoms with Crippen molar-refractivity contribution in [2.24, 2.45) is 4.99 Å². The zero-order chi connectivity index (χ0) is 21.4. The van der Waals surface area contributed by atoms with Gasteiger partial charge in [0.2, 0.25) is 0 Å². The van der Waals surface area contributed by atoms with Crippen molar-refractivity contribution >= 4 is 5.96 Å². The molecule has 0 radical (unpaired) electrons. The van der Waals surface area contributed by atoms with E-state index in [-0.39, 0.29) is 17.8 Å². The summed E-state index contributed by atoms with van der Waals surface area (Å²) in [5, 5.41) is 6.77. The van der Waals surface area contributed by atoms with Gasteiger partial charge in [-0.25, -0.2) is 9.38 Å². The van der Waals surface area contributed by atoms with Crippen LogP contribution >= 0.6 is 0 Å². The topological polar surface area (TPSA) is 54.9 Å². The molecule has 0 unspecified atom stereocenters. The molecule has 2 aromatic rings. The lowest BCUT2D eigenvalue weighted by Gasteiger charge is -2.39. The minimum absolute atomic E-state index is 0.121. The molecule has 1 heterocycles. The van der Waals surface area contributed by atoms with Crippen LogP contribution in [0, 0.1) is 12.7 Å². The Labute approximate surface area is 178 Å². The van der Waals surface area contributed by atoms with Crippen LogP contribution in [0.25, 0.3) is 0 Å². The average molecular weight is 414 g/mol. The maximum Gasteiger partial charge on any atom is 0.191 e. The third-order valence-corrected chi connectivity index (χ3v) is 5.68. The summed E-state index contributed by atoms with van der Waals surface area (Å²) in [5.41, 5.74) is 2.86. The lowest BCUT2D eigenvalue weighted by atomic mass is 9.73. The number of aliphatic imine (C=N–C) groups is 1. The van der Waals surface area contributed by atoms with E-state index in [1.54, 1.807) is 19.2 Å². The largest absolute Gasteiger partial charge is 0.496 e. The zero-order valence-corrected chi connectivity index (χ0v) is 18.1. The predicted molar refractivity (Wildman–Crippen MR) is 119 cm³/mol. The van der Waals surface area contributed by atoms with Crippen LogP contribution in [0.4, 0.5) is 4.39 Å². The van der Waals surface area contributed by atoms with Crippen LogP contribution in [0.3, 0.4) is 0 Å². The van der Waals surface area contributed by atoms with Gasteiger partial charge >= 0.3 is 0 Å². The van der Waals surface area contributed by atoms with Crippen LogP contribution < -0.4 is 15.4 Å². The molecule has 5 nitrogen and oxygen atoms in total. The van der Waals surface area contributed by atoms with Crippen molar-refractivity contribution in [1.82, 2.24) is 10.6 Å². The monoisotopic (exact) mass is 413 g/mol. The lowest BCUT2D eigenvalue weighted by molar-refractivity contribution is 0.0505. The first-order chi connectivity index (χ1) is 14.6. The van der Waals surface area contributed by atoms with E-state index in [9.17, 15) is 4.39 Å². The molecule has 6 heteroatoms. The number of nitrogens with zero attached hydrogens (tertiary/aromatic N) is 1. The molecule has 1 fully saturated rings. The first kappa shape index (κ1) is 22.1. The summed E-state index contributed by atoms with van der Waals surface area (Å²) < 4.78 is 25.3. The van der Waals surface area contributed by atoms with Crippen molar-refractivity contribution in [2.75, 3.05) is 33.4 Å². The van der Waals surface area contributed by atoms with Crippen LogP contribution in [0.15, 0.2) is 47.5 Å². The number of nitrogens with one attached hydrogen (secondary N) is 2. The van der Waals surface area contributed by atoms with Crippen LogP contribution in [0.2, 0.25) is 0 Å². The third-order valence-electron chi connectivity index (χ3n) is 5.68. The van der Waals surface area contributed by atoms with Crippen LogP contribution in [-0.2, 0) is 16.7 Å². The Morgan fingerprint density at radius 3 is 2.63 bits per heavy atom. The summed E-state index contributed by atoms with van der Waals surface area (Å²) in [6.45, 7) is 7.25. The molecule has 162 valence electrons. The molecule has 1 saturated heterocycles. The van der Waals surface area contributed by atoms with E-state index in [1.165, 1.54) is 17.2 Å². The number of halogens is 1. The molecule has 0 aliphatic carbocycles. The van der Waals surface area contributed by atoms with Gasteiger partial charge < -0.3 is 20.1 Å². The number of methoxy groups -OCH3 is 1. The minimum Gasteiger partial charge on any atom is -0.496 e. The third kappa shape index (κ3) is 5.30. The second kappa shape index (κ2) is 10.4. The molecular formula is C24H32FN3O2. The Morgan fingerprint density at radius 2 is 1.93 bits per heavy atom. The number of ether oxygens (including phenoxy) is 2. The van der Waals surface area contributed by atoms with Gasteiger partial charge in [-0.05, 0) is 38.8 Å². The van der Waals surface area contributed by atoms with Crippen LogP contribution in [0.5, 0.6) is 5.75 Å². The standard InChI is InChI=1S/C24H32FN3O2/c1-4-26-23(27-16-19-7-5-6-8-21(19)25)28-17-24(11-13-30-14-12-24)20-15-18(2)9-10-22(20)29-3/h5-10,15H,4,11-14,16-17H2,1-3H3,(H2,26,27,28). The minimum atomic E-state index is -0.234. The van der Waals surface area contributed by atoms with E-state index >= 15 is 0 Å². The van der Waals surface area contributed by atoms with Crippen molar-refractivity contribution in [3.8, 4) is 5.75 Å². The molecule has 0 atom stereocenters. The lowest BCUT2D eigenvalue weighted by Crippen LogP contribution is -2.48. The van der Waals surface area contributed by atoms with Gasteiger partial charge in [-0.1, -0.05) is 35.9 Å². The number of hydrogen-bond acceptors (Lipinski definition) is 3. The fraction of sp³-hybridized carbons (Fsp3) is 0.458. The summed E-state index contributed by atoms with van der Waals surface area (Å²) in [5.74, 6) is 1.35. The van der Waals surface area contributed by atoms with Crippen molar-refractivity contribution in [3.63, 3.8) is 0 Å². The molecule has 0 aromatic heterocycles. The van der Waals surface area contributed by atoms with E-state index < -0.39 is 0 Å². The van der Waals surface area contributed by atoms with E-state index in [1.807, 2.05) is 19.1 Å². The average Bonchev–Trinajstić information content (AvgIpc) is 2.77. The van der Waals surface area contributed by atoms with Crippen LogP contribution in [-0.4, -0.2) is 39.4 Å². The number of hydrogen-bond donors (Lipinski definition) is 2. The maximum atomic E-state index is 14.0. The quantitative estimate of drug-likeness (QED) is 0.533. The van der Waals surface area contributed by atoms with Gasteiger partial charge in [0.25, 0.3) is 0 Å². The van der Waals surface area contributed by atoms with Gasteiger partial charge in [0.15, 0.2) is 5.96 Å². The van der Waals surface area contributed by atoms with E-state index in [2.05, 4.69) is 34.7 Å². The van der Waals surface area contributed by atoms with E-state index in [0.717, 1.165) is 25.1 Å². The number of aryl methyl sites for hydroxylation is 1. The summed E-state index contributed by atoms with van der Waals surface area (Å²) in [4.78, 5) is 4.61. The molecule has 30 heavy (non-hydrogen) atoms. The van der Waals surface area contributed by atoms with Gasteiger partial charge in [-0.2, -0.15) is 0 Å². The van der Waals surface area contributed by atoms with Gasteiger partial charge in [0.05, 0.1) is 13.7 Å².